The summed E-state index contributed by atoms with van der Waals surface area (Å²) >= 11 is 12.1. The van der Waals surface area contributed by atoms with Crippen molar-refractivity contribution < 1.29 is 4.79 Å². The molecule has 2 rings (SSSR count). The number of nitrogens with zero attached hydrogens (tertiary/aromatic N) is 1. The van der Waals surface area contributed by atoms with E-state index in [9.17, 15) is 4.79 Å². The van der Waals surface area contributed by atoms with E-state index in [1.54, 1.807) is 6.07 Å². The molecule has 1 saturated carbocycles. The average molecular weight is 315 g/mol. The van der Waals surface area contributed by atoms with Gasteiger partial charge >= 0.3 is 0 Å². The van der Waals surface area contributed by atoms with E-state index >= 15 is 0 Å². The van der Waals surface area contributed by atoms with E-state index in [1.165, 1.54) is 12.8 Å². The molecule has 5 heteroatoms. The lowest BCUT2D eigenvalue weighted by molar-refractivity contribution is -0.122. The van der Waals surface area contributed by atoms with Crippen molar-refractivity contribution in [1.82, 2.24) is 10.2 Å². The Labute approximate surface area is 130 Å². The lowest BCUT2D eigenvalue weighted by Crippen LogP contribution is -2.37. The third kappa shape index (κ3) is 4.37. The standard InChI is InChI=1S/C15H20Cl2N2O/c1-10(13-6-5-12(16)7-14(13)17)19(2)9-15(20)18-8-11-3-4-11/h5-7,10-11H,3-4,8-9H2,1-2H3,(H,18,20). The number of benzene rings is 1. The molecule has 0 bridgehead atoms. The number of hydrogen-bond acceptors (Lipinski definition) is 2. The number of carbonyl (C=O) groups excluding carboxylic acids is 1. The maximum atomic E-state index is 11.9. The van der Waals surface area contributed by atoms with Gasteiger partial charge in [0.15, 0.2) is 0 Å². The van der Waals surface area contributed by atoms with Gasteiger partial charge in [0.1, 0.15) is 0 Å². The third-order valence-electron chi connectivity index (χ3n) is 3.75. The normalized spacial score (nSPS) is 16.2. The molecule has 1 N–H and O–H groups in total. The number of halogens is 2. The van der Waals surface area contributed by atoms with Crippen molar-refractivity contribution in [1.29, 1.82) is 0 Å². The SMILES string of the molecule is CC(c1ccc(Cl)cc1Cl)N(C)CC(=O)NCC1CC1. The van der Waals surface area contributed by atoms with Crippen molar-refractivity contribution in [2.75, 3.05) is 20.1 Å². The summed E-state index contributed by atoms with van der Waals surface area (Å²) in [7, 11) is 1.92. The first kappa shape index (κ1) is 15.6. The molecule has 0 heterocycles. The Morgan fingerprint density at radius 2 is 2.15 bits per heavy atom. The average Bonchev–Trinajstić information content (AvgIpc) is 3.19. The summed E-state index contributed by atoms with van der Waals surface area (Å²) in [4.78, 5) is 13.8. The molecule has 0 spiro atoms. The summed E-state index contributed by atoms with van der Waals surface area (Å²) in [5.74, 6) is 0.767. The van der Waals surface area contributed by atoms with Crippen LogP contribution in [0.3, 0.4) is 0 Å². The van der Waals surface area contributed by atoms with Gasteiger partial charge in [-0.1, -0.05) is 29.3 Å². The largest absolute Gasteiger partial charge is 0.355 e. The summed E-state index contributed by atoms with van der Waals surface area (Å²) in [6, 6.07) is 5.52. The molecule has 110 valence electrons. The summed E-state index contributed by atoms with van der Waals surface area (Å²) in [5, 5.41) is 4.23. The Morgan fingerprint density at radius 1 is 1.45 bits per heavy atom. The molecule has 0 aliphatic heterocycles. The Balaban J connectivity index is 1.89. The minimum atomic E-state index is 0.0615. The molecule has 1 aliphatic rings. The molecule has 1 fully saturated rings. The molecule has 1 aromatic rings. The molecule has 0 radical (unpaired) electrons. The number of rotatable bonds is 6. The number of hydrogen-bond donors (Lipinski definition) is 1. The molecule has 20 heavy (non-hydrogen) atoms. The van der Waals surface area contributed by atoms with Crippen molar-refractivity contribution in [3.05, 3.63) is 33.8 Å². The number of nitrogens with one attached hydrogen (secondary N) is 1. The van der Waals surface area contributed by atoms with Crippen LogP contribution in [0, 0.1) is 5.92 Å². The fourth-order valence-electron chi connectivity index (χ4n) is 2.08. The zero-order valence-electron chi connectivity index (χ0n) is 11.8. The predicted octanol–water partition coefficient (Wildman–Crippen LogP) is 3.51. The molecule has 1 atom stereocenters. The highest BCUT2D eigenvalue weighted by Crippen LogP contribution is 2.29. The number of amides is 1. The van der Waals surface area contributed by atoms with Crippen LogP contribution in [0.15, 0.2) is 18.2 Å². The Kier molecular flexibility index (Phi) is 5.30. The molecule has 1 aromatic carbocycles. The maximum absolute atomic E-state index is 11.9. The molecule has 1 amide bonds. The molecular formula is C15H20Cl2N2O. The van der Waals surface area contributed by atoms with Gasteiger partial charge in [0.25, 0.3) is 0 Å². The summed E-state index contributed by atoms with van der Waals surface area (Å²) in [6.07, 6.45) is 2.49. The number of carbonyl (C=O) groups is 1. The van der Waals surface area contributed by atoms with E-state index in [-0.39, 0.29) is 11.9 Å². The van der Waals surface area contributed by atoms with Crippen LogP contribution in [0.4, 0.5) is 0 Å². The zero-order chi connectivity index (χ0) is 14.7. The smallest absolute Gasteiger partial charge is 0.234 e. The van der Waals surface area contributed by atoms with Crippen molar-refractivity contribution in [3.63, 3.8) is 0 Å². The second-order valence-corrected chi connectivity index (χ2v) is 6.35. The third-order valence-corrected chi connectivity index (χ3v) is 4.31. The molecule has 0 aromatic heterocycles. The highest BCUT2D eigenvalue weighted by atomic mass is 35.5. The van der Waals surface area contributed by atoms with Crippen molar-refractivity contribution in [3.8, 4) is 0 Å². The molecule has 3 nitrogen and oxygen atoms in total. The molecule has 1 aliphatic carbocycles. The first-order valence-electron chi connectivity index (χ1n) is 6.89. The lowest BCUT2D eigenvalue weighted by Gasteiger charge is -2.25. The van der Waals surface area contributed by atoms with E-state index in [2.05, 4.69) is 5.32 Å². The van der Waals surface area contributed by atoms with Gasteiger partial charge in [0, 0.05) is 22.6 Å². The summed E-state index contributed by atoms with van der Waals surface area (Å²) < 4.78 is 0. The van der Waals surface area contributed by atoms with Gasteiger partial charge in [-0.25, -0.2) is 0 Å². The van der Waals surface area contributed by atoms with Gasteiger partial charge in [-0.15, -0.1) is 0 Å². The van der Waals surface area contributed by atoms with Gasteiger partial charge in [0.2, 0.25) is 5.91 Å². The van der Waals surface area contributed by atoms with Crippen molar-refractivity contribution >= 4 is 29.1 Å². The summed E-state index contributed by atoms with van der Waals surface area (Å²) in [5.41, 5.74) is 0.980. The minimum absolute atomic E-state index is 0.0615. The topological polar surface area (TPSA) is 32.3 Å². The van der Waals surface area contributed by atoms with Crippen LogP contribution in [-0.4, -0.2) is 30.9 Å². The molecule has 1 unspecified atom stereocenters. The van der Waals surface area contributed by atoms with E-state index in [0.717, 1.165) is 12.1 Å². The van der Waals surface area contributed by atoms with Gasteiger partial charge in [0.05, 0.1) is 6.54 Å². The second-order valence-electron chi connectivity index (χ2n) is 5.50. The quantitative estimate of drug-likeness (QED) is 0.871. The van der Waals surface area contributed by atoms with Crippen molar-refractivity contribution in [2.45, 2.75) is 25.8 Å². The first-order valence-corrected chi connectivity index (χ1v) is 7.65. The van der Waals surface area contributed by atoms with Gasteiger partial charge < -0.3 is 5.32 Å². The van der Waals surface area contributed by atoms with Crippen LogP contribution in [-0.2, 0) is 4.79 Å². The Bertz CT molecular complexity index is 489. The van der Waals surface area contributed by atoms with Gasteiger partial charge in [-0.3, -0.25) is 9.69 Å². The Morgan fingerprint density at radius 3 is 2.75 bits per heavy atom. The van der Waals surface area contributed by atoms with Crippen LogP contribution < -0.4 is 5.32 Å². The highest BCUT2D eigenvalue weighted by Gasteiger charge is 2.22. The fraction of sp³-hybridized carbons (Fsp3) is 0.533. The molecular weight excluding hydrogens is 295 g/mol. The first-order chi connectivity index (χ1) is 9.47. The predicted molar refractivity (Wildman–Crippen MR) is 83.2 cm³/mol. The van der Waals surface area contributed by atoms with Crippen LogP contribution in [0.25, 0.3) is 0 Å². The van der Waals surface area contributed by atoms with E-state index in [4.69, 9.17) is 23.2 Å². The highest BCUT2D eigenvalue weighted by molar-refractivity contribution is 6.35. The monoisotopic (exact) mass is 314 g/mol. The number of likely N-dealkylation sites (N-methyl/N-ethyl adjacent to an activating group) is 1. The van der Waals surface area contributed by atoms with Crippen molar-refractivity contribution in [2.24, 2.45) is 5.92 Å². The minimum Gasteiger partial charge on any atom is -0.355 e. The van der Waals surface area contributed by atoms with E-state index in [1.807, 2.05) is 31.0 Å². The Hall–Kier alpha value is -0.770. The zero-order valence-corrected chi connectivity index (χ0v) is 13.3. The van der Waals surface area contributed by atoms with Crippen LogP contribution in [0.2, 0.25) is 10.0 Å². The maximum Gasteiger partial charge on any atom is 0.234 e. The van der Waals surface area contributed by atoms with E-state index < -0.39 is 0 Å². The van der Waals surface area contributed by atoms with Crippen LogP contribution in [0.1, 0.15) is 31.4 Å². The molecule has 0 saturated heterocycles. The summed E-state index contributed by atoms with van der Waals surface area (Å²) in [6.45, 7) is 3.21. The van der Waals surface area contributed by atoms with Gasteiger partial charge in [-0.05, 0) is 50.4 Å². The van der Waals surface area contributed by atoms with Gasteiger partial charge in [-0.2, -0.15) is 0 Å². The van der Waals surface area contributed by atoms with Crippen LogP contribution in [0.5, 0.6) is 0 Å². The van der Waals surface area contributed by atoms with Crippen LogP contribution >= 0.6 is 23.2 Å². The second kappa shape index (κ2) is 6.79. The van der Waals surface area contributed by atoms with E-state index in [0.29, 0.717) is 22.5 Å². The fourth-order valence-corrected chi connectivity index (χ4v) is 2.64. The lowest BCUT2D eigenvalue weighted by atomic mass is 10.1.